The highest BCUT2D eigenvalue weighted by Gasteiger charge is 2.46. The summed E-state index contributed by atoms with van der Waals surface area (Å²) in [7, 11) is -3.92. The fraction of sp³-hybridized carbons (Fsp3) is 0.739. The van der Waals surface area contributed by atoms with Crippen LogP contribution >= 0.6 is 0 Å². The number of nitrogens with one attached hydrogen (secondary N) is 1. The third-order valence-electron chi connectivity index (χ3n) is 7.08. The third kappa shape index (κ3) is 6.54. The maximum atomic E-state index is 11.3. The maximum Gasteiger partial charge on any atom is 0.346 e. The summed E-state index contributed by atoms with van der Waals surface area (Å²) in [5.41, 5.74) is 5.85. The molecule has 1 unspecified atom stereocenters. The lowest BCUT2D eigenvalue weighted by molar-refractivity contribution is -0.00174. The molecule has 180 valence electrons. The Kier molecular flexibility index (Phi) is 7.90. The first-order valence-electron chi connectivity index (χ1n) is 11.3. The van der Waals surface area contributed by atoms with Crippen LogP contribution in [0.15, 0.2) is 11.0 Å². The molecule has 1 aliphatic rings. The standard InChI is InChI=1S/C23H41N3O4Si2/c1-22(2,3)31(7,8)28-15-19-18(30-32(9,10)23(4,5)6)13-17(29-19)12-11-16-14-25-21(27)26-20(16)24/h14,17-19H,13,15H2,1-10H3,(H3,24,25,26,27)/t17?,18-,19+/m0/s1. The van der Waals surface area contributed by atoms with Gasteiger partial charge in [-0.15, -0.1) is 0 Å². The minimum Gasteiger partial charge on any atom is -0.414 e. The van der Waals surface area contributed by atoms with Crippen LogP contribution in [0.1, 0.15) is 53.5 Å². The van der Waals surface area contributed by atoms with E-state index in [4.69, 9.17) is 19.3 Å². The molecule has 1 aromatic heterocycles. The molecular weight excluding hydrogens is 438 g/mol. The van der Waals surface area contributed by atoms with E-state index in [-0.39, 0.29) is 34.2 Å². The topological polar surface area (TPSA) is 99.5 Å². The summed E-state index contributed by atoms with van der Waals surface area (Å²) >= 11 is 0. The van der Waals surface area contributed by atoms with Gasteiger partial charge in [0.25, 0.3) is 0 Å². The highest BCUT2D eigenvalue weighted by molar-refractivity contribution is 6.74. The van der Waals surface area contributed by atoms with Crippen molar-refractivity contribution in [2.75, 3.05) is 12.3 Å². The van der Waals surface area contributed by atoms with Crippen LogP contribution in [-0.2, 0) is 13.6 Å². The van der Waals surface area contributed by atoms with Crippen LogP contribution in [0.4, 0.5) is 5.82 Å². The van der Waals surface area contributed by atoms with E-state index >= 15 is 0 Å². The van der Waals surface area contributed by atoms with Gasteiger partial charge in [-0.25, -0.2) is 9.78 Å². The van der Waals surface area contributed by atoms with Gasteiger partial charge in [0.05, 0.1) is 24.5 Å². The Bertz CT molecular complexity index is 920. The molecule has 0 aromatic carbocycles. The van der Waals surface area contributed by atoms with Gasteiger partial charge in [-0.05, 0) is 36.3 Å². The molecule has 0 bridgehead atoms. The molecule has 3 atom stereocenters. The molecule has 1 aliphatic heterocycles. The lowest BCUT2D eigenvalue weighted by atomic mass is 10.1. The molecule has 0 radical (unpaired) electrons. The van der Waals surface area contributed by atoms with Crippen LogP contribution in [0.3, 0.4) is 0 Å². The second-order valence-electron chi connectivity index (χ2n) is 11.7. The molecule has 0 spiro atoms. The van der Waals surface area contributed by atoms with Crippen molar-refractivity contribution < 1.29 is 13.6 Å². The Morgan fingerprint density at radius 3 is 2.28 bits per heavy atom. The quantitative estimate of drug-likeness (QED) is 0.483. The highest BCUT2D eigenvalue weighted by Crippen LogP contribution is 2.41. The molecular formula is C23H41N3O4Si2. The van der Waals surface area contributed by atoms with Crippen molar-refractivity contribution in [3.63, 3.8) is 0 Å². The van der Waals surface area contributed by atoms with Gasteiger partial charge in [0, 0.05) is 6.42 Å². The van der Waals surface area contributed by atoms with E-state index in [0.29, 0.717) is 18.6 Å². The van der Waals surface area contributed by atoms with Crippen molar-refractivity contribution in [3.8, 4) is 11.8 Å². The monoisotopic (exact) mass is 479 g/mol. The number of nitrogens with two attached hydrogens (primary N) is 1. The van der Waals surface area contributed by atoms with E-state index in [1.165, 1.54) is 6.20 Å². The van der Waals surface area contributed by atoms with E-state index in [1.54, 1.807) is 0 Å². The van der Waals surface area contributed by atoms with Crippen LogP contribution in [0.5, 0.6) is 0 Å². The summed E-state index contributed by atoms with van der Waals surface area (Å²) in [5, 5.41) is 0.215. The van der Waals surface area contributed by atoms with E-state index in [9.17, 15) is 4.79 Å². The zero-order chi connectivity index (χ0) is 24.5. The van der Waals surface area contributed by atoms with E-state index in [1.807, 2.05) is 0 Å². The number of hydrogen-bond acceptors (Lipinski definition) is 6. The Morgan fingerprint density at radius 1 is 1.16 bits per heavy atom. The highest BCUT2D eigenvalue weighted by atomic mass is 28.4. The SMILES string of the molecule is CC(C)(C)[Si](C)(C)OC[C@H]1OC(C#Cc2cnc(=O)[nH]c2N)C[C@@H]1O[Si](C)(C)C(C)(C)C. The van der Waals surface area contributed by atoms with Crippen molar-refractivity contribution in [1.29, 1.82) is 0 Å². The second kappa shape index (κ2) is 9.43. The Labute approximate surface area is 195 Å². The summed E-state index contributed by atoms with van der Waals surface area (Å²) < 4.78 is 19.5. The molecule has 2 rings (SSSR count). The number of rotatable bonds is 5. The molecule has 0 saturated carbocycles. The predicted octanol–water partition coefficient (Wildman–Crippen LogP) is 4.27. The van der Waals surface area contributed by atoms with Crippen molar-refractivity contribution in [2.24, 2.45) is 0 Å². The van der Waals surface area contributed by atoms with Gasteiger partial charge in [-0.3, -0.25) is 4.98 Å². The van der Waals surface area contributed by atoms with Crippen LogP contribution in [-0.4, -0.2) is 51.5 Å². The Balaban J connectivity index is 2.22. The van der Waals surface area contributed by atoms with Gasteiger partial charge in [0.15, 0.2) is 16.6 Å². The van der Waals surface area contributed by atoms with E-state index in [2.05, 4.69) is 89.5 Å². The first-order valence-corrected chi connectivity index (χ1v) is 17.1. The van der Waals surface area contributed by atoms with Crippen molar-refractivity contribution >= 4 is 22.5 Å². The summed E-state index contributed by atoms with van der Waals surface area (Å²) in [6, 6.07) is 0. The molecule has 1 aromatic rings. The summed E-state index contributed by atoms with van der Waals surface area (Å²) in [4.78, 5) is 17.4. The molecule has 2 heterocycles. The van der Waals surface area contributed by atoms with Crippen LogP contribution in [0, 0.1) is 11.8 Å². The van der Waals surface area contributed by atoms with Crippen molar-refractivity contribution in [3.05, 3.63) is 22.2 Å². The summed E-state index contributed by atoms with van der Waals surface area (Å²) in [6.07, 6.45) is 1.50. The largest absolute Gasteiger partial charge is 0.414 e. The number of nitrogens with zero attached hydrogens (tertiary/aromatic N) is 1. The smallest absolute Gasteiger partial charge is 0.346 e. The van der Waals surface area contributed by atoms with Gasteiger partial charge < -0.3 is 19.3 Å². The van der Waals surface area contributed by atoms with Gasteiger partial charge in [-0.1, -0.05) is 53.4 Å². The van der Waals surface area contributed by atoms with Crippen molar-refractivity contribution in [2.45, 2.75) is 103 Å². The first kappa shape index (κ1) is 26.8. The van der Waals surface area contributed by atoms with E-state index < -0.39 is 22.3 Å². The Morgan fingerprint density at radius 2 is 1.75 bits per heavy atom. The van der Waals surface area contributed by atoms with Crippen LogP contribution < -0.4 is 11.4 Å². The minimum absolute atomic E-state index is 0.0778. The lowest BCUT2D eigenvalue weighted by Crippen LogP contribution is -2.48. The number of anilines is 1. The summed E-state index contributed by atoms with van der Waals surface area (Å²) in [5.74, 6) is 6.36. The normalized spacial score (nSPS) is 22.5. The fourth-order valence-corrected chi connectivity index (χ4v) is 5.18. The number of aromatic nitrogens is 2. The second-order valence-corrected chi connectivity index (χ2v) is 21.2. The average molecular weight is 480 g/mol. The maximum absolute atomic E-state index is 11.3. The molecule has 0 amide bonds. The number of ether oxygens (including phenoxy) is 1. The molecule has 1 fully saturated rings. The number of H-pyrrole nitrogens is 1. The number of hydrogen-bond donors (Lipinski definition) is 2. The van der Waals surface area contributed by atoms with Gasteiger partial charge in [0.2, 0.25) is 0 Å². The molecule has 1 saturated heterocycles. The third-order valence-corrected chi connectivity index (χ3v) is 16.1. The molecule has 3 N–H and O–H groups in total. The summed E-state index contributed by atoms with van der Waals surface area (Å²) in [6.45, 7) is 22.9. The van der Waals surface area contributed by atoms with Crippen LogP contribution in [0.25, 0.3) is 0 Å². The van der Waals surface area contributed by atoms with Crippen molar-refractivity contribution in [1.82, 2.24) is 9.97 Å². The van der Waals surface area contributed by atoms with Gasteiger partial charge in [0.1, 0.15) is 18.0 Å². The first-order chi connectivity index (χ1) is 14.4. The zero-order valence-corrected chi connectivity index (χ0v) is 23.4. The molecule has 7 nitrogen and oxygen atoms in total. The zero-order valence-electron chi connectivity index (χ0n) is 21.4. The minimum atomic E-state index is -2.00. The van der Waals surface area contributed by atoms with Crippen LogP contribution in [0.2, 0.25) is 36.3 Å². The van der Waals surface area contributed by atoms with Gasteiger partial charge >= 0.3 is 5.69 Å². The predicted molar refractivity (Wildman–Crippen MR) is 135 cm³/mol. The molecule has 0 aliphatic carbocycles. The fourth-order valence-electron chi connectivity index (χ4n) is 2.81. The average Bonchev–Trinajstić information content (AvgIpc) is 2.98. The number of nitrogen functional groups attached to an aromatic ring is 1. The Hall–Kier alpha value is -1.45. The molecule has 9 heteroatoms. The lowest BCUT2D eigenvalue weighted by Gasteiger charge is -2.40. The molecule has 32 heavy (non-hydrogen) atoms. The van der Waals surface area contributed by atoms with Gasteiger partial charge in [-0.2, -0.15) is 0 Å². The number of aromatic amines is 1. The van der Waals surface area contributed by atoms with E-state index in [0.717, 1.165) is 0 Å².